The van der Waals surface area contributed by atoms with Crippen LogP contribution in [0.2, 0.25) is 0 Å². The third-order valence-corrected chi connectivity index (χ3v) is 3.53. The Morgan fingerprint density at radius 1 is 0.875 bits per heavy atom. The minimum absolute atomic E-state index is 0.323. The van der Waals surface area contributed by atoms with E-state index in [0.717, 1.165) is 24.5 Å². The monoisotopic (exact) mass is 224 g/mol. The van der Waals surface area contributed by atoms with Crippen LogP contribution in [-0.4, -0.2) is 0 Å². The van der Waals surface area contributed by atoms with Gasteiger partial charge in [0.1, 0.15) is 11.6 Å². The zero-order valence-corrected chi connectivity index (χ0v) is 9.84. The van der Waals surface area contributed by atoms with Gasteiger partial charge in [0, 0.05) is 6.07 Å². The van der Waals surface area contributed by atoms with Gasteiger partial charge in [0.2, 0.25) is 0 Å². The second-order valence-corrected chi connectivity index (χ2v) is 5.32. The summed E-state index contributed by atoms with van der Waals surface area (Å²) in [5.74, 6) is 0.714. The van der Waals surface area contributed by atoms with Crippen LogP contribution in [0.25, 0.3) is 0 Å². The van der Waals surface area contributed by atoms with E-state index in [9.17, 15) is 8.78 Å². The summed E-state index contributed by atoms with van der Waals surface area (Å²) in [6.07, 6.45) is 3.33. The van der Waals surface area contributed by atoms with Crippen LogP contribution in [-0.2, 0) is 0 Å². The fourth-order valence-corrected chi connectivity index (χ4v) is 3.03. The molecular formula is C14H18F2. The molecule has 1 aliphatic carbocycles. The van der Waals surface area contributed by atoms with Crippen molar-refractivity contribution in [3.63, 3.8) is 0 Å². The Labute approximate surface area is 95.7 Å². The first kappa shape index (κ1) is 11.6. The van der Waals surface area contributed by atoms with Crippen LogP contribution in [0.1, 0.15) is 44.6 Å². The molecule has 0 aromatic heterocycles. The second-order valence-electron chi connectivity index (χ2n) is 5.32. The summed E-state index contributed by atoms with van der Waals surface area (Å²) in [5, 5.41) is 0. The lowest BCUT2D eigenvalue weighted by molar-refractivity contribution is 0.267. The molecule has 0 amide bonds. The van der Waals surface area contributed by atoms with Gasteiger partial charge in [-0.1, -0.05) is 13.8 Å². The highest BCUT2D eigenvalue weighted by atomic mass is 19.1. The Morgan fingerprint density at radius 3 is 1.88 bits per heavy atom. The molecule has 1 saturated carbocycles. The highest BCUT2D eigenvalue weighted by Crippen LogP contribution is 2.39. The predicted octanol–water partition coefficient (Wildman–Crippen LogP) is 4.50. The van der Waals surface area contributed by atoms with Gasteiger partial charge < -0.3 is 0 Å². The highest BCUT2D eigenvalue weighted by Gasteiger charge is 2.25. The summed E-state index contributed by atoms with van der Waals surface area (Å²) in [6, 6.07) is 3.91. The van der Waals surface area contributed by atoms with E-state index in [2.05, 4.69) is 13.8 Å². The van der Waals surface area contributed by atoms with Crippen LogP contribution in [0.4, 0.5) is 8.78 Å². The minimum atomic E-state index is -0.458. The van der Waals surface area contributed by atoms with Gasteiger partial charge in [0.15, 0.2) is 0 Å². The van der Waals surface area contributed by atoms with Crippen LogP contribution >= 0.6 is 0 Å². The zero-order valence-electron chi connectivity index (χ0n) is 9.84. The molecule has 1 aromatic rings. The maximum absolute atomic E-state index is 13.1. The van der Waals surface area contributed by atoms with Crippen molar-refractivity contribution in [1.82, 2.24) is 0 Å². The van der Waals surface area contributed by atoms with E-state index in [1.54, 1.807) is 0 Å². The molecule has 0 nitrogen and oxygen atoms in total. The summed E-state index contributed by atoms with van der Waals surface area (Å²) in [4.78, 5) is 0. The molecule has 0 spiro atoms. The largest absolute Gasteiger partial charge is 0.207 e. The summed E-state index contributed by atoms with van der Waals surface area (Å²) >= 11 is 0. The molecule has 1 aromatic carbocycles. The van der Waals surface area contributed by atoms with Crippen LogP contribution in [0.5, 0.6) is 0 Å². The Kier molecular flexibility index (Phi) is 3.27. The molecule has 88 valence electrons. The van der Waals surface area contributed by atoms with Gasteiger partial charge >= 0.3 is 0 Å². The molecule has 16 heavy (non-hydrogen) atoms. The van der Waals surface area contributed by atoms with Crippen LogP contribution in [0.3, 0.4) is 0 Å². The van der Waals surface area contributed by atoms with Crippen LogP contribution in [0, 0.1) is 23.5 Å². The van der Waals surface area contributed by atoms with Crippen LogP contribution in [0.15, 0.2) is 18.2 Å². The number of benzene rings is 1. The van der Waals surface area contributed by atoms with Crippen molar-refractivity contribution in [2.75, 3.05) is 0 Å². The van der Waals surface area contributed by atoms with Gasteiger partial charge in [-0.3, -0.25) is 0 Å². The normalized spacial score (nSPS) is 30.4. The number of hydrogen-bond donors (Lipinski definition) is 0. The molecular weight excluding hydrogens is 206 g/mol. The molecule has 1 fully saturated rings. The minimum Gasteiger partial charge on any atom is -0.207 e. The smallest absolute Gasteiger partial charge is 0.126 e. The van der Waals surface area contributed by atoms with E-state index in [-0.39, 0.29) is 0 Å². The maximum atomic E-state index is 13.1. The summed E-state index contributed by atoms with van der Waals surface area (Å²) in [5.41, 5.74) is 0.830. The van der Waals surface area contributed by atoms with E-state index in [1.807, 2.05) is 0 Å². The van der Waals surface area contributed by atoms with Gasteiger partial charge in [-0.15, -0.1) is 0 Å². The SMILES string of the molecule is CC1CC(C)CC(c2cc(F)cc(F)c2)C1. The number of rotatable bonds is 1. The van der Waals surface area contributed by atoms with Crippen molar-refractivity contribution in [2.45, 2.75) is 39.0 Å². The van der Waals surface area contributed by atoms with Gasteiger partial charge in [0.05, 0.1) is 0 Å². The lowest BCUT2D eigenvalue weighted by Crippen LogP contribution is -2.18. The van der Waals surface area contributed by atoms with E-state index in [4.69, 9.17) is 0 Å². The van der Waals surface area contributed by atoms with Crippen LogP contribution < -0.4 is 0 Å². The summed E-state index contributed by atoms with van der Waals surface area (Å²) < 4.78 is 26.3. The third-order valence-electron chi connectivity index (χ3n) is 3.53. The zero-order chi connectivity index (χ0) is 11.7. The quantitative estimate of drug-likeness (QED) is 0.658. The molecule has 0 bridgehead atoms. The molecule has 0 heterocycles. The first-order chi connectivity index (χ1) is 7.54. The highest BCUT2D eigenvalue weighted by molar-refractivity contribution is 5.22. The van der Waals surface area contributed by atoms with E-state index in [0.29, 0.717) is 17.8 Å². The summed E-state index contributed by atoms with van der Waals surface area (Å²) in [6.45, 7) is 4.44. The predicted molar refractivity (Wildman–Crippen MR) is 61.3 cm³/mol. The average molecular weight is 224 g/mol. The van der Waals surface area contributed by atoms with Crippen molar-refractivity contribution in [3.05, 3.63) is 35.4 Å². The lowest BCUT2D eigenvalue weighted by Gasteiger charge is -2.31. The first-order valence-corrected chi connectivity index (χ1v) is 6.00. The molecule has 0 aliphatic heterocycles. The molecule has 2 heteroatoms. The Balaban J connectivity index is 2.22. The third kappa shape index (κ3) is 2.60. The molecule has 0 N–H and O–H groups in total. The molecule has 0 radical (unpaired) electrons. The van der Waals surface area contributed by atoms with Crippen molar-refractivity contribution in [1.29, 1.82) is 0 Å². The van der Waals surface area contributed by atoms with Crippen molar-refractivity contribution >= 4 is 0 Å². The number of halogens is 2. The van der Waals surface area contributed by atoms with E-state index in [1.165, 1.54) is 18.6 Å². The molecule has 0 saturated heterocycles. The standard InChI is InChI=1S/C14H18F2/c1-9-3-10(2)5-11(4-9)12-6-13(15)8-14(16)7-12/h6-11H,3-5H2,1-2H3. The molecule has 2 atom stereocenters. The Hall–Kier alpha value is -0.920. The van der Waals surface area contributed by atoms with E-state index < -0.39 is 11.6 Å². The van der Waals surface area contributed by atoms with Crippen molar-refractivity contribution < 1.29 is 8.78 Å². The topological polar surface area (TPSA) is 0 Å². The fraction of sp³-hybridized carbons (Fsp3) is 0.571. The second kappa shape index (κ2) is 4.52. The number of hydrogen-bond acceptors (Lipinski definition) is 0. The van der Waals surface area contributed by atoms with Gasteiger partial charge in [-0.25, -0.2) is 8.78 Å². The summed E-state index contributed by atoms with van der Waals surface area (Å²) in [7, 11) is 0. The van der Waals surface area contributed by atoms with Gasteiger partial charge in [-0.2, -0.15) is 0 Å². The maximum Gasteiger partial charge on any atom is 0.126 e. The molecule has 2 unspecified atom stereocenters. The first-order valence-electron chi connectivity index (χ1n) is 6.00. The molecule has 2 rings (SSSR count). The Morgan fingerprint density at radius 2 is 1.38 bits per heavy atom. The Bertz CT molecular complexity index is 343. The fourth-order valence-electron chi connectivity index (χ4n) is 3.03. The van der Waals surface area contributed by atoms with Gasteiger partial charge in [-0.05, 0) is 54.7 Å². The molecule has 1 aliphatic rings. The van der Waals surface area contributed by atoms with E-state index >= 15 is 0 Å². The lowest BCUT2D eigenvalue weighted by atomic mass is 9.74. The van der Waals surface area contributed by atoms with Crippen molar-refractivity contribution in [2.24, 2.45) is 11.8 Å². The van der Waals surface area contributed by atoms with Gasteiger partial charge in [0.25, 0.3) is 0 Å². The van der Waals surface area contributed by atoms with Crippen molar-refractivity contribution in [3.8, 4) is 0 Å². The average Bonchev–Trinajstić information content (AvgIpc) is 2.14.